The van der Waals surface area contributed by atoms with Gasteiger partial charge in [-0.25, -0.2) is 0 Å². The Morgan fingerprint density at radius 2 is 2.07 bits per heavy atom. The molecule has 1 aliphatic rings. The molecule has 0 bridgehead atoms. The highest BCUT2D eigenvalue weighted by Crippen LogP contribution is 2.24. The third-order valence-corrected chi connectivity index (χ3v) is 2.57. The Morgan fingerprint density at radius 1 is 1.33 bits per heavy atom. The van der Waals surface area contributed by atoms with E-state index in [1.54, 1.807) is 6.92 Å². The number of carbonyl (C=O) groups excluding carboxylic acids is 2. The van der Waals surface area contributed by atoms with E-state index in [1.165, 1.54) is 0 Å². The molecule has 86 valence electrons. The lowest BCUT2D eigenvalue weighted by Crippen LogP contribution is -2.35. The molecule has 2 unspecified atom stereocenters. The topological polar surface area (TPSA) is 52.6 Å². The second-order valence-electron chi connectivity index (χ2n) is 3.64. The summed E-state index contributed by atoms with van der Waals surface area (Å²) >= 11 is 0. The number of esters is 1. The zero-order valence-corrected chi connectivity index (χ0v) is 9.32. The lowest BCUT2D eigenvalue weighted by molar-refractivity contribution is -0.154. The molecule has 0 heterocycles. The number of hydrogen-bond acceptors (Lipinski definition) is 4. The summed E-state index contributed by atoms with van der Waals surface area (Å²) in [5.41, 5.74) is 0. The van der Waals surface area contributed by atoms with Gasteiger partial charge in [-0.1, -0.05) is 0 Å². The maximum absolute atomic E-state index is 11.6. The van der Waals surface area contributed by atoms with E-state index in [9.17, 15) is 9.59 Å². The van der Waals surface area contributed by atoms with Crippen LogP contribution in [0.5, 0.6) is 0 Å². The average Bonchev–Trinajstić information content (AvgIpc) is 2.21. The van der Waals surface area contributed by atoms with Crippen LogP contribution in [-0.4, -0.2) is 31.1 Å². The van der Waals surface area contributed by atoms with Gasteiger partial charge in [0.25, 0.3) is 0 Å². The van der Waals surface area contributed by atoms with Crippen molar-refractivity contribution < 1.29 is 19.1 Å². The molecule has 0 amide bonds. The van der Waals surface area contributed by atoms with Gasteiger partial charge < -0.3 is 9.47 Å². The van der Waals surface area contributed by atoms with Crippen LogP contribution in [0.15, 0.2) is 0 Å². The number of Topliss-reactive ketones (excluding diaryl/α,β-unsaturated/α-hetero) is 1. The molecule has 1 saturated carbocycles. The van der Waals surface area contributed by atoms with E-state index in [4.69, 9.17) is 9.47 Å². The summed E-state index contributed by atoms with van der Waals surface area (Å²) in [7, 11) is 0. The van der Waals surface area contributed by atoms with Crippen LogP contribution in [0.4, 0.5) is 0 Å². The number of ether oxygens (including phenoxy) is 2. The van der Waals surface area contributed by atoms with Crippen molar-refractivity contribution in [2.75, 3.05) is 13.2 Å². The highest BCUT2D eigenvalue weighted by Gasteiger charge is 2.33. The van der Waals surface area contributed by atoms with E-state index in [1.807, 2.05) is 6.92 Å². The third-order valence-electron chi connectivity index (χ3n) is 2.57. The smallest absolute Gasteiger partial charge is 0.309 e. The molecule has 1 rings (SSSR count). The van der Waals surface area contributed by atoms with Crippen molar-refractivity contribution >= 4 is 11.8 Å². The molecule has 1 aliphatic carbocycles. The Hall–Kier alpha value is -0.900. The van der Waals surface area contributed by atoms with Gasteiger partial charge in [0.15, 0.2) is 5.78 Å². The van der Waals surface area contributed by atoms with E-state index in [0.29, 0.717) is 26.1 Å². The monoisotopic (exact) mass is 214 g/mol. The first kappa shape index (κ1) is 12.2. The molecule has 0 saturated heterocycles. The molecule has 15 heavy (non-hydrogen) atoms. The van der Waals surface area contributed by atoms with Crippen LogP contribution in [0.25, 0.3) is 0 Å². The van der Waals surface area contributed by atoms with Gasteiger partial charge in [0.1, 0.15) is 6.10 Å². The summed E-state index contributed by atoms with van der Waals surface area (Å²) in [6.07, 6.45) is 1.29. The van der Waals surface area contributed by atoms with Crippen LogP contribution in [0.1, 0.15) is 33.1 Å². The predicted molar refractivity (Wildman–Crippen MR) is 54.4 cm³/mol. The van der Waals surface area contributed by atoms with Gasteiger partial charge in [-0.15, -0.1) is 0 Å². The second-order valence-corrected chi connectivity index (χ2v) is 3.64. The summed E-state index contributed by atoms with van der Waals surface area (Å²) in [6, 6.07) is 0. The third kappa shape index (κ3) is 3.30. The van der Waals surface area contributed by atoms with E-state index < -0.39 is 0 Å². The molecule has 1 fully saturated rings. The minimum atomic E-state index is -0.305. The van der Waals surface area contributed by atoms with Gasteiger partial charge in [-0.3, -0.25) is 9.59 Å². The number of rotatable bonds is 4. The van der Waals surface area contributed by atoms with E-state index in [0.717, 1.165) is 0 Å². The fraction of sp³-hybridized carbons (Fsp3) is 0.818. The summed E-state index contributed by atoms with van der Waals surface area (Å²) < 4.78 is 10.2. The zero-order valence-electron chi connectivity index (χ0n) is 9.32. The maximum Gasteiger partial charge on any atom is 0.309 e. The molecular weight excluding hydrogens is 196 g/mol. The van der Waals surface area contributed by atoms with Gasteiger partial charge >= 0.3 is 5.97 Å². The van der Waals surface area contributed by atoms with Gasteiger partial charge in [0.2, 0.25) is 0 Å². The quantitative estimate of drug-likeness (QED) is 0.662. The van der Waals surface area contributed by atoms with Crippen molar-refractivity contribution in [2.45, 2.75) is 39.2 Å². The summed E-state index contributed by atoms with van der Waals surface area (Å²) in [4.78, 5) is 23.0. The van der Waals surface area contributed by atoms with Crippen LogP contribution >= 0.6 is 0 Å². The Morgan fingerprint density at radius 3 is 2.60 bits per heavy atom. The number of carbonyl (C=O) groups is 2. The van der Waals surface area contributed by atoms with Crippen molar-refractivity contribution in [3.8, 4) is 0 Å². The molecule has 0 radical (unpaired) electrons. The van der Waals surface area contributed by atoms with Crippen molar-refractivity contribution in [1.29, 1.82) is 0 Å². The van der Waals surface area contributed by atoms with Crippen LogP contribution < -0.4 is 0 Å². The largest absolute Gasteiger partial charge is 0.466 e. The summed E-state index contributed by atoms with van der Waals surface area (Å²) in [6.45, 7) is 4.55. The minimum absolute atomic E-state index is 0.0288. The van der Waals surface area contributed by atoms with E-state index >= 15 is 0 Å². The molecule has 0 aromatic rings. The fourth-order valence-electron chi connectivity index (χ4n) is 1.83. The lowest BCUT2D eigenvalue weighted by atomic mass is 9.86. The molecule has 0 aromatic heterocycles. The molecule has 4 nitrogen and oxygen atoms in total. The van der Waals surface area contributed by atoms with Gasteiger partial charge in [0.05, 0.1) is 12.5 Å². The molecule has 2 atom stereocenters. The van der Waals surface area contributed by atoms with Crippen molar-refractivity contribution in [3.05, 3.63) is 0 Å². The number of hydrogen-bond donors (Lipinski definition) is 0. The summed E-state index contributed by atoms with van der Waals surface area (Å²) in [5.74, 6) is -0.476. The van der Waals surface area contributed by atoms with Crippen LogP contribution in [-0.2, 0) is 19.1 Å². The first-order valence-electron chi connectivity index (χ1n) is 5.50. The Balaban J connectivity index is 2.43. The van der Waals surface area contributed by atoms with Crippen LogP contribution in [0, 0.1) is 5.92 Å². The Bertz CT molecular complexity index is 237. The van der Waals surface area contributed by atoms with Crippen LogP contribution in [0.3, 0.4) is 0 Å². The minimum Gasteiger partial charge on any atom is -0.466 e. The van der Waals surface area contributed by atoms with Gasteiger partial charge in [-0.05, 0) is 26.7 Å². The second kappa shape index (κ2) is 5.85. The van der Waals surface area contributed by atoms with E-state index in [-0.39, 0.29) is 30.2 Å². The summed E-state index contributed by atoms with van der Waals surface area (Å²) in [5, 5.41) is 0. The maximum atomic E-state index is 11.6. The molecule has 0 aromatic carbocycles. The highest BCUT2D eigenvalue weighted by atomic mass is 16.5. The van der Waals surface area contributed by atoms with Crippen LogP contribution in [0.2, 0.25) is 0 Å². The number of ketones is 1. The first-order chi connectivity index (χ1) is 7.19. The van der Waals surface area contributed by atoms with Gasteiger partial charge in [-0.2, -0.15) is 0 Å². The van der Waals surface area contributed by atoms with Crippen molar-refractivity contribution in [2.24, 2.45) is 5.92 Å². The first-order valence-corrected chi connectivity index (χ1v) is 5.50. The molecule has 4 heteroatoms. The highest BCUT2D eigenvalue weighted by molar-refractivity contribution is 5.88. The zero-order chi connectivity index (χ0) is 11.3. The molecule has 0 aliphatic heterocycles. The normalized spacial score (nSPS) is 26.4. The lowest BCUT2D eigenvalue weighted by Gasteiger charge is -2.25. The molecule has 0 spiro atoms. The molecular formula is C11H18O4. The predicted octanol–water partition coefficient (Wildman–Crippen LogP) is 1.32. The van der Waals surface area contributed by atoms with Gasteiger partial charge in [0, 0.05) is 13.0 Å². The Labute approximate surface area is 89.9 Å². The average molecular weight is 214 g/mol. The van der Waals surface area contributed by atoms with Crippen molar-refractivity contribution in [3.63, 3.8) is 0 Å². The SMILES string of the molecule is CCOC(=O)C1CCC(OCC)C(=O)C1. The van der Waals surface area contributed by atoms with E-state index in [2.05, 4.69) is 0 Å². The Kier molecular flexibility index (Phi) is 4.75. The van der Waals surface area contributed by atoms with Crippen molar-refractivity contribution in [1.82, 2.24) is 0 Å². The standard InChI is InChI=1S/C11H18O4/c1-3-14-10-6-5-8(7-9(10)12)11(13)15-4-2/h8,10H,3-7H2,1-2H3. The fourth-order valence-corrected chi connectivity index (χ4v) is 1.83. The molecule has 0 N–H and O–H groups in total.